The maximum atomic E-state index is 12.6. The van der Waals surface area contributed by atoms with Crippen LogP contribution < -0.4 is 0 Å². The summed E-state index contributed by atoms with van der Waals surface area (Å²) in [5, 5.41) is 4.02. The smallest absolute Gasteiger partial charge is 0.244 e. The third-order valence-corrected chi connectivity index (χ3v) is 5.96. The van der Waals surface area contributed by atoms with Gasteiger partial charge in [0.2, 0.25) is 15.9 Å². The molecule has 0 N–H and O–H groups in total. The van der Waals surface area contributed by atoms with Gasteiger partial charge in [0.25, 0.3) is 0 Å². The number of aromatic nitrogens is 3. The number of hydrogen-bond donors (Lipinski definition) is 0. The van der Waals surface area contributed by atoms with E-state index in [9.17, 15) is 8.42 Å². The van der Waals surface area contributed by atoms with Gasteiger partial charge < -0.3 is 4.52 Å². The molecule has 25 heavy (non-hydrogen) atoms. The standard InChI is InChI=1S/C16H23N5O3S/c1-16(2,3)15-18-14(19-24-15)12-20-7-9-21(10-8-20)25(22,23)13-5-4-6-17-11-13/h4-6,11H,7-10,12H2,1-3H3. The van der Waals surface area contributed by atoms with E-state index in [4.69, 9.17) is 4.52 Å². The highest BCUT2D eigenvalue weighted by atomic mass is 32.2. The van der Waals surface area contributed by atoms with Crippen molar-refractivity contribution in [1.82, 2.24) is 24.3 Å². The van der Waals surface area contributed by atoms with Crippen LogP contribution in [0.1, 0.15) is 32.5 Å². The Kier molecular flexibility index (Phi) is 4.90. The molecule has 2 aromatic rings. The number of pyridine rings is 1. The zero-order valence-electron chi connectivity index (χ0n) is 14.7. The SMILES string of the molecule is CC(C)(C)c1nc(CN2CCN(S(=O)(=O)c3cccnc3)CC2)no1. The zero-order chi connectivity index (χ0) is 18.1. The van der Waals surface area contributed by atoms with Crippen LogP contribution in [0, 0.1) is 0 Å². The third kappa shape index (κ3) is 4.05. The number of hydrogen-bond acceptors (Lipinski definition) is 7. The molecule has 136 valence electrons. The summed E-state index contributed by atoms with van der Waals surface area (Å²) in [4.78, 5) is 10.7. The zero-order valence-corrected chi connectivity index (χ0v) is 15.5. The average molecular weight is 365 g/mol. The summed E-state index contributed by atoms with van der Waals surface area (Å²) in [6.07, 6.45) is 2.95. The molecule has 0 bridgehead atoms. The van der Waals surface area contributed by atoms with Crippen molar-refractivity contribution < 1.29 is 12.9 Å². The van der Waals surface area contributed by atoms with E-state index >= 15 is 0 Å². The molecule has 0 amide bonds. The minimum Gasteiger partial charge on any atom is -0.339 e. The van der Waals surface area contributed by atoms with Crippen molar-refractivity contribution in [2.75, 3.05) is 26.2 Å². The molecule has 2 aromatic heterocycles. The minimum atomic E-state index is -3.48. The van der Waals surface area contributed by atoms with Crippen LogP contribution in [0.5, 0.6) is 0 Å². The van der Waals surface area contributed by atoms with Crippen molar-refractivity contribution in [3.8, 4) is 0 Å². The summed E-state index contributed by atoms with van der Waals surface area (Å²) in [6, 6.07) is 3.20. The van der Waals surface area contributed by atoms with Crippen LogP contribution in [0.4, 0.5) is 0 Å². The Labute approximate surface area is 147 Å². The minimum absolute atomic E-state index is 0.179. The number of piperazine rings is 1. The maximum absolute atomic E-state index is 12.6. The molecule has 8 nitrogen and oxygen atoms in total. The number of nitrogens with zero attached hydrogens (tertiary/aromatic N) is 5. The van der Waals surface area contributed by atoms with Gasteiger partial charge >= 0.3 is 0 Å². The van der Waals surface area contributed by atoms with Gasteiger partial charge in [-0.15, -0.1) is 0 Å². The van der Waals surface area contributed by atoms with Crippen LogP contribution in [0.2, 0.25) is 0 Å². The Balaban J connectivity index is 1.60. The molecule has 0 atom stereocenters. The van der Waals surface area contributed by atoms with E-state index in [2.05, 4.69) is 20.0 Å². The number of sulfonamides is 1. The van der Waals surface area contributed by atoms with Gasteiger partial charge in [0, 0.05) is 44.0 Å². The van der Waals surface area contributed by atoms with E-state index < -0.39 is 10.0 Å². The Morgan fingerprint density at radius 1 is 1.20 bits per heavy atom. The van der Waals surface area contributed by atoms with Crippen molar-refractivity contribution in [3.05, 3.63) is 36.2 Å². The summed E-state index contributed by atoms with van der Waals surface area (Å²) in [5.74, 6) is 1.24. The van der Waals surface area contributed by atoms with Crippen LogP contribution in [-0.2, 0) is 22.0 Å². The lowest BCUT2D eigenvalue weighted by Gasteiger charge is -2.33. The molecule has 0 spiro atoms. The van der Waals surface area contributed by atoms with Gasteiger partial charge in [-0.05, 0) is 12.1 Å². The van der Waals surface area contributed by atoms with Crippen molar-refractivity contribution >= 4 is 10.0 Å². The van der Waals surface area contributed by atoms with Crippen LogP contribution in [0.15, 0.2) is 33.9 Å². The molecule has 0 aliphatic carbocycles. The monoisotopic (exact) mass is 365 g/mol. The predicted octanol–water partition coefficient (Wildman–Crippen LogP) is 1.27. The first-order chi connectivity index (χ1) is 11.8. The lowest BCUT2D eigenvalue weighted by Crippen LogP contribution is -2.48. The molecule has 1 fully saturated rings. The molecule has 0 unspecified atom stereocenters. The lowest BCUT2D eigenvalue weighted by atomic mass is 9.97. The lowest BCUT2D eigenvalue weighted by molar-refractivity contribution is 0.176. The third-order valence-electron chi connectivity index (χ3n) is 4.08. The Morgan fingerprint density at radius 3 is 2.48 bits per heavy atom. The largest absolute Gasteiger partial charge is 0.339 e. The van der Waals surface area contributed by atoms with Gasteiger partial charge in [0.05, 0.1) is 6.54 Å². The topological polar surface area (TPSA) is 92.4 Å². The van der Waals surface area contributed by atoms with Gasteiger partial charge in [-0.1, -0.05) is 25.9 Å². The maximum Gasteiger partial charge on any atom is 0.244 e. The van der Waals surface area contributed by atoms with E-state index in [1.807, 2.05) is 20.8 Å². The number of rotatable bonds is 4. The first-order valence-corrected chi connectivity index (χ1v) is 9.66. The van der Waals surface area contributed by atoms with Crippen LogP contribution >= 0.6 is 0 Å². The fourth-order valence-corrected chi connectivity index (χ4v) is 3.99. The molecular formula is C16H23N5O3S. The fraction of sp³-hybridized carbons (Fsp3) is 0.562. The second kappa shape index (κ2) is 6.81. The average Bonchev–Trinajstić information content (AvgIpc) is 3.05. The highest BCUT2D eigenvalue weighted by Crippen LogP contribution is 2.21. The molecule has 1 aliphatic heterocycles. The van der Waals surface area contributed by atoms with Gasteiger partial charge in [-0.2, -0.15) is 9.29 Å². The van der Waals surface area contributed by atoms with E-state index in [1.54, 1.807) is 18.3 Å². The highest BCUT2D eigenvalue weighted by molar-refractivity contribution is 7.89. The van der Waals surface area contributed by atoms with Crippen molar-refractivity contribution in [3.63, 3.8) is 0 Å². The molecule has 3 rings (SSSR count). The van der Waals surface area contributed by atoms with Crippen LogP contribution in [-0.4, -0.2) is 58.9 Å². The van der Waals surface area contributed by atoms with Crippen LogP contribution in [0.3, 0.4) is 0 Å². The van der Waals surface area contributed by atoms with Crippen molar-refractivity contribution in [2.45, 2.75) is 37.6 Å². The van der Waals surface area contributed by atoms with Crippen molar-refractivity contribution in [2.24, 2.45) is 0 Å². The van der Waals surface area contributed by atoms with Gasteiger partial charge in [-0.25, -0.2) is 8.42 Å². The molecule has 3 heterocycles. The van der Waals surface area contributed by atoms with E-state index in [1.165, 1.54) is 10.5 Å². The van der Waals surface area contributed by atoms with E-state index in [-0.39, 0.29) is 10.3 Å². The molecule has 9 heteroatoms. The summed E-state index contributed by atoms with van der Waals surface area (Å²) < 4.78 is 32.0. The fourth-order valence-electron chi connectivity index (χ4n) is 2.60. The summed E-state index contributed by atoms with van der Waals surface area (Å²) in [7, 11) is -3.48. The Morgan fingerprint density at radius 2 is 1.92 bits per heavy atom. The summed E-state index contributed by atoms with van der Waals surface area (Å²) >= 11 is 0. The molecule has 0 saturated carbocycles. The second-order valence-corrected chi connectivity index (χ2v) is 9.07. The first kappa shape index (κ1) is 18.0. The van der Waals surface area contributed by atoms with Gasteiger partial charge in [-0.3, -0.25) is 9.88 Å². The van der Waals surface area contributed by atoms with Crippen molar-refractivity contribution in [1.29, 1.82) is 0 Å². The molecule has 1 saturated heterocycles. The van der Waals surface area contributed by atoms with Gasteiger partial charge in [0.15, 0.2) is 5.82 Å². The summed E-state index contributed by atoms with van der Waals surface area (Å²) in [5.41, 5.74) is -0.179. The van der Waals surface area contributed by atoms with E-state index in [0.717, 1.165) is 0 Å². The molecule has 0 aromatic carbocycles. The van der Waals surface area contributed by atoms with Gasteiger partial charge in [0.1, 0.15) is 4.90 Å². The summed E-state index contributed by atoms with van der Waals surface area (Å²) in [6.45, 7) is 8.73. The first-order valence-electron chi connectivity index (χ1n) is 8.22. The van der Waals surface area contributed by atoms with E-state index in [0.29, 0.717) is 44.4 Å². The van der Waals surface area contributed by atoms with Crippen LogP contribution in [0.25, 0.3) is 0 Å². The molecular weight excluding hydrogens is 342 g/mol. The molecule has 1 aliphatic rings. The second-order valence-electron chi connectivity index (χ2n) is 7.13. The highest BCUT2D eigenvalue weighted by Gasteiger charge is 2.29. The molecule has 0 radical (unpaired) electrons. The predicted molar refractivity (Wildman–Crippen MR) is 91.3 cm³/mol. The quantitative estimate of drug-likeness (QED) is 0.805. The normalized spacial score (nSPS) is 17.7. The Hall–Kier alpha value is -1.84. The Bertz CT molecular complexity index is 806.